The van der Waals surface area contributed by atoms with E-state index in [1.165, 1.54) is 11.3 Å². The summed E-state index contributed by atoms with van der Waals surface area (Å²) in [6.07, 6.45) is 1.51. The van der Waals surface area contributed by atoms with Crippen LogP contribution in [-0.4, -0.2) is 50.6 Å². The van der Waals surface area contributed by atoms with E-state index in [-0.39, 0.29) is 11.8 Å². The summed E-state index contributed by atoms with van der Waals surface area (Å²) in [4.78, 5) is 28.1. The zero-order chi connectivity index (χ0) is 24.1. The number of hydrogen-bond donors (Lipinski definition) is 2. The summed E-state index contributed by atoms with van der Waals surface area (Å²) < 4.78 is 11.3. The molecular weight excluding hydrogens is 474 g/mol. The van der Waals surface area contributed by atoms with E-state index in [2.05, 4.69) is 10.6 Å². The molecule has 0 saturated carbocycles. The highest BCUT2D eigenvalue weighted by Gasteiger charge is 2.20. The molecule has 2 aromatic carbocycles. The number of anilines is 2. The van der Waals surface area contributed by atoms with Crippen molar-refractivity contribution in [2.75, 3.05) is 44.5 Å². The number of rotatable bonds is 9. The van der Waals surface area contributed by atoms with Crippen molar-refractivity contribution < 1.29 is 19.1 Å². The summed E-state index contributed by atoms with van der Waals surface area (Å²) in [5.74, 6) is 1.01. The minimum Gasteiger partial charge on any atom is -0.493 e. The van der Waals surface area contributed by atoms with Gasteiger partial charge in [-0.25, -0.2) is 0 Å². The van der Waals surface area contributed by atoms with Crippen LogP contribution in [-0.2, 0) is 4.79 Å². The van der Waals surface area contributed by atoms with Gasteiger partial charge in [0.1, 0.15) is 11.5 Å². The first-order valence-electron chi connectivity index (χ1n) is 11.0. The van der Waals surface area contributed by atoms with Crippen molar-refractivity contribution in [3.05, 3.63) is 58.4 Å². The first-order valence-corrected chi connectivity index (χ1v) is 12.2. The Balaban J connectivity index is 1.44. The fourth-order valence-corrected chi connectivity index (χ4v) is 4.95. The van der Waals surface area contributed by atoms with E-state index < -0.39 is 0 Å². The molecule has 3 aromatic rings. The van der Waals surface area contributed by atoms with Crippen LogP contribution in [0.4, 0.5) is 11.4 Å². The molecule has 1 aliphatic heterocycles. The van der Waals surface area contributed by atoms with Crippen LogP contribution < -0.4 is 20.1 Å². The van der Waals surface area contributed by atoms with Crippen molar-refractivity contribution in [3.63, 3.8) is 0 Å². The Labute approximate surface area is 207 Å². The van der Waals surface area contributed by atoms with Gasteiger partial charge in [-0.1, -0.05) is 23.7 Å². The van der Waals surface area contributed by atoms with Gasteiger partial charge in [-0.3, -0.25) is 9.59 Å². The molecule has 7 nitrogen and oxygen atoms in total. The van der Waals surface area contributed by atoms with Crippen molar-refractivity contribution in [3.8, 4) is 21.9 Å². The lowest BCUT2D eigenvalue weighted by Gasteiger charge is -2.17. The normalized spacial score (nSPS) is 13.1. The Hall–Kier alpha value is -3.23. The molecule has 0 aliphatic carbocycles. The van der Waals surface area contributed by atoms with Crippen molar-refractivity contribution in [1.29, 1.82) is 0 Å². The SMILES string of the molecule is CNc1cc(-c2ccc(Cl)cc2)sc1C(=O)Nc1ccc(OCCN2CCCC2=O)c(OC)c1. The zero-order valence-electron chi connectivity index (χ0n) is 19.0. The maximum Gasteiger partial charge on any atom is 0.267 e. The summed E-state index contributed by atoms with van der Waals surface area (Å²) in [5.41, 5.74) is 2.33. The lowest BCUT2D eigenvalue weighted by molar-refractivity contribution is -0.128. The van der Waals surface area contributed by atoms with Crippen LogP contribution in [0.25, 0.3) is 10.4 Å². The fraction of sp³-hybridized carbons (Fsp3) is 0.280. The molecule has 9 heteroatoms. The number of hydrogen-bond acceptors (Lipinski definition) is 6. The van der Waals surface area contributed by atoms with Gasteiger partial charge in [0.2, 0.25) is 5.91 Å². The second-order valence-corrected chi connectivity index (χ2v) is 9.25. The molecule has 1 aromatic heterocycles. The molecule has 1 fully saturated rings. The minimum absolute atomic E-state index is 0.169. The van der Waals surface area contributed by atoms with Gasteiger partial charge in [0.05, 0.1) is 19.3 Å². The Kier molecular flexibility index (Phi) is 7.59. The molecule has 178 valence electrons. The highest BCUT2D eigenvalue weighted by molar-refractivity contribution is 7.18. The lowest BCUT2D eigenvalue weighted by Crippen LogP contribution is -2.29. The van der Waals surface area contributed by atoms with Gasteiger partial charge in [0.15, 0.2) is 11.5 Å². The second-order valence-electron chi connectivity index (χ2n) is 7.76. The third-order valence-corrected chi connectivity index (χ3v) is 6.98. The average Bonchev–Trinajstić information content (AvgIpc) is 3.46. The molecule has 0 radical (unpaired) electrons. The molecule has 0 atom stereocenters. The first kappa shape index (κ1) is 23.9. The summed E-state index contributed by atoms with van der Waals surface area (Å²) in [7, 11) is 3.34. The molecule has 1 saturated heterocycles. The number of carbonyl (C=O) groups excluding carboxylic acids is 2. The molecule has 1 aliphatic rings. The highest BCUT2D eigenvalue weighted by atomic mass is 35.5. The van der Waals surface area contributed by atoms with Crippen molar-refractivity contribution in [1.82, 2.24) is 4.90 Å². The van der Waals surface area contributed by atoms with E-state index in [4.69, 9.17) is 21.1 Å². The van der Waals surface area contributed by atoms with Gasteiger partial charge >= 0.3 is 0 Å². The molecule has 34 heavy (non-hydrogen) atoms. The van der Waals surface area contributed by atoms with Gasteiger partial charge in [-0.05, 0) is 42.3 Å². The predicted octanol–water partition coefficient (Wildman–Crippen LogP) is 5.37. The molecule has 0 spiro atoms. The van der Waals surface area contributed by atoms with Gasteiger partial charge < -0.3 is 25.0 Å². The van der Waals surface area contributed by atoms with E-state index in [0.29, 0.717) is 46.7 Å². The number of nitrogens with one attached hydrogen (secondary N) is 2. The van der Waals surface area contributed by atoms with Gasteiger partial charge in [-0.2, -0.15) is 0 Å². The monoisotopic (exact) mass is 499 g/mol. The predicted molar refractivity (Wildman–Crippen MR) is 137 cm³/mol. The topological polar surface area (TPSA) is 79.9 Å². The summed E-state index contributed by atoms with van der Waals surface area (Å²) in [6, 6.07) is 14.7. The highest BCUT2D eigenvalue weighted by Crippen LogP contribution is 2.36. The molecule has 0 bridgehead atoms. The number of likely N-dealkylation sites (tertiary alicyclic amines) is 1. The van der Waals surface area contributed by atoms with Crippen molar-refractivity contribution in [2.24, 2.45) is 0 Å². The Morgan fingerprint density at radius 3 is 2.62 bits per heavy atom. The lowest BCUT2D eigenvalue weighted by atomic mass is 10.2. The Morgan fingerprint density at radius 2 is 1.94 bits per heavy atom. The number of halogens is 1. The average molecular weight is 500 g/mol. The molecule has 2 N–H and O–H groups in total. The Bertz CT molecular complexity index is 1180. The standard InChI is InChI=1S/C25H26ClN3O4S/c1-27-19-15-22(16-5-7-17(26)8-6-16)34-24(19)25(31)28-18-9-10-20(21(14-18)32-2)33-13-12-29-11-3-4-23(29)30/h5-10,14-15,27H,3-4,11-13H2,1-2H3,(H,28,31). The van der Waals surface area contributed by atoms with Crippen LogP contribution in [0.2, 0.25) is 5.02 Å². The smallest absolute Gasteiger partial charge is 0.267 e. The third-order valence-electron chi connectivity index (χ3n) is 5.55. The maximum absolute atomic E-state index is 13.1. The largest absolute Gasteiger partial charge is 0.493 e. The maximum atomic E-state index is 13.1. The van der Waals surface area contributed by atoms with Crippen molar-refractivity contribution >= 4 is 46.1 Å². The fourth-order valence-electron chi connectivity index (χ4n) is 3.76. The molecular formula is C25H26ClN3O4S. The van der Waals surface area contributed by atoms with Crippen LogP contribution in [0, 0.1) is 0 Å². The number of amides is 2. The number of benzene rings is 2. The van der Waals surface area contributed by atoms with E-state index in [9.17, 15) is 9.59 Å². The number of thiophene rings is 1. The van der Waals surface area contributed by atoms with E-state index >= 15 is 0 Å². The van der Waals surface area contributed by atoms with Crippen LogP contribution in [0.1, 0.15) is 22.5 Å². The number of carbonyl (C=O) groups is 2. The van der Waals surface area contributed by atoms with Crippen molar-refractivity contribution in [2.45, 2.75) is 12.8 Å². The van der Waals surface area contributed by atoms with Crippen LogP contribution in [0.5, 0.6) is 11.5 Å². The van der Waals surface area contributed by atoms with Crippen LogP contribution in [0.3, 0.4) is 0 Å². The van der Waals surface area contributed by atoms with Crippen LogP contribution in [0.15, 0.2) is 48.5 Å². The summed E-state index contributed by atoms with van der Waals surface area (Å²) in [5, 5.41) is 6.70. The number of nitrogens with zero attached hydrogens (tertiary/aromatic N) is 1. The van der Waals surface area contributed by atoms with E-state index in [0.717, 1.165) is 29.1 Å². The molecule has 4 rings (SSSR count). The number of methoxy groups -OCH3 is 1. The van der Waals surface area contributed by atoms with Gasteiger partial charge in [-0.15, -0.1) is 11.3 Å². The second kappa shape index (κ2) is 10.8. The minimum atomic E-state index is -0.224. The van der Waals surface area contributed by atoms with Crippen LogP contribution >= 0.6 is 22.9 Å². The van der Waals surface area contributed by atoms with E-state index in [1.807, 2.05) is 30.3 Å². The summed E-state index contributed by atoms with van der Waals surface area (Å²) in [6.45, 7) is 1.70. The van der Waals surface area contributed by atoms with E-state index in [1.54, 1.807) is 37.3 Å². The molecule has 2 amide bonds. The zero-order valence-corrected chi connectivity index (χ0v) is 20.6. The summed E-state index contributed by atoms with van der Waals surface area (Å²) >= 11 is 7.40. The van der Waals surface area contributed by atoms with Gasteiger partial charge in [0.25, 0.3) is 5.91 Å². The van der Waals surface area contributed by atoms with Gasteiger partial charge in [0, 0.05) is 41.7 Å². The quantitative estimate of drug-likeness (QED) is 0.413. The first-order chi connectivity index (χ1) is 16.5. The molecule has 0 unspecified atom stereocenters. The number of ether oxygens (including phenoxy) is 2. The molecule has 2 heterocycles. The Morgan fingerprint density at radius 1 is 1.15 bits per heavy atom. The third kappa shape index (κ3) is 5.46.